The lowest BCUT2D eigenvalue weighted by Gasteiger charge is -2.08. The number of benzene rings is 1. The Morgan fingerprint density at radius 3 is 1.41 bits per heavy atom. The summed E-state index contributed by atoms with van der Waals surface area (Å²) < 4.78 is 0. The van der Waals surface area contributed by atoms with Gasteiger partial charge in [-0.2, -0.15) is 0 Å². The van der Waals surface area contributed by atoms with Crippen molar-refractivity contribution < 1.29 is 29.7 Å². The zero-order chi connectivity index (χ0) is 13.6. The molecule has 0 heterocycles. The third kappa shape index (κ3) is 3.94. The summed E-state index contributed by atoms with van der Waals surface area (Å²) >= 11 is 0. The first-order chi connectivity index (χ1) is 7.91. The van der Waals surface area contributed by atoms with Gasteiger partial charge in [0.15, 0.2) is 0 Å². The van der Waals surface area contributed by atoms with Gasteiger partial charge in [0.2, 0.25) is 0 Å². The minimum Gasteiger partial charge on any atom is -0.545 e. The highest BCUT2D eigenvalue weighted by atomic mass is 16.4. The van der Waals surface area contributed by atoms with Gasteiger partial charge in [-0.15, -0.1) is 0 Å². The number of carboxylic acids is 3. The van der Waals surface area contributed by atoms with Crippen molar-refractivity contribution in [3.05, 3.63) is 34.9 Å². The summed E-state index contributed by atoms with van der Waals surface area (Å²) in [5.74, 6) is -4.73. The fraction of sp³-hybridized carbons (Fsp3) is 0.182. The van der Waals surface area contributed by atoms with Crippen LogP contribution in [-0.4, -0.2) is 23.0 Å². The lowest BCUT2D eigenvalue weighted by atomic mass is 10.1. The summed E-state index contributed by atoms with van der Waals surface area (Å²) in [4.78, 5) is 31.4. The SMILES string of the molecule is CC.O=C([O-])c1cc(C(=O)[O-])cc(C(=O)O)c1. The van der Waals surface area contributed by atoms with Gasteiger partial charge >= 0.3 is 5.97 Å². The second-order valence-electron chi connectivity index (χ2n) is 2.68. The molecule has 1 aromatic rings. The van der Waals surface area contributed by atoms with E-state index in [1.807, 2.05) is 13.8 Å². The summed E-state index contributed by atoms with van der Waals surface area (Å²) in [5.41, 5.74) is -1.49. The van der Waals surface area contributed by atoms with E-state index in [0.29, 0.717) is 0 Å². The maximum atomic E-state index is 10.5. The predicted molar refractivity (Wildman–Crippen MR) is 53.4 cm³/mol. The van der Waals surface area contributed by atoms with Crippen LogP contribution in [0.1, 0.15) is 44.9 Å². The third-order valence-electron chi connectivity index (χ3n) is 1.65. The monoisotopic (exact) mass is 238 g/mol. The molecule has 0 unspecified atom stereocenters. The fourth-order valence-corrected chi connectivity index (χ4v) is 0.987. The van der Waals surface area contributed by atoms with Gasteiger partial charge in [0, 0.05) is 0 Å². The second kappa shape index (κ2) is 6.26. The molecule has 0 spiro atoms. The van der Waals surface area contributed by atoms with Crippen LogP contribution in [0.25, 0.3) is 0 Å². The van der Waals surface area contributed by atoms with Crippen LogP contribution in [-0.2, 0) is 0 Å². The van der Waals surface area contributed by atoms with Crippen LogP contribution in [0, 0.1) is 0 Å². The topological polar surface area (TPSA) is 118 Å². The number of carbonyl (C=O) groups is 3. The van der Waals surface area contributed by atoms with E-state index in [1.54, 1.807) is 0 Å². The highest BCUT2D eigenvalue weighted by molar-refractivity contribution is 5.97. The fourth-order valence-electron chi connectivity index (χ4n) is 0.987. The van der Waals surface area contributed by atoms with E-state index in [4.69, 9.17) is 5.11 Å². The zero-order valence-electron chi connectivity index (χ0n) is 9.22. The van der Waals surface area contributed by atoms with E-state index in [0.717, 1.165) is 18.2 Å². The molecule has 0 aromatic heterocycles. The minimum atomic E-state index is -1.65. The summed E-state index contributed by atoms with van der Waals surface area (Å²) in [6, 6.07) is 2.39. The van der Waals surface area contributed by atoms with Crippen molar-refractivity contribution >= 4 is 17.9 Å². The third-order valence-corrected chi connectivity index (χ3v) is 1.65. The van der Waals surface area contributed by atoms with E-state index in [1.165, 1.54) is 0 Å². The van der Waals surface area contributed by atoms with Crippen LogP contribution >= 0.6 is 0 Å². The lowest BCUT2D eigenvalue weighted by molar-refractivity contribution is -0.255. The van der Waals surface area contributed by atoms with Crippen LogP contribution in [0.15, 0.2) is 18.2 Å². The molecule has 0 aliphatic rings. The normalized spacial score (nSPS) is 8.82. The Kier molecular flexibility index (Phi) is 5.39. The molecule has 0 aliphatic heterocycles. The maximum Gasteiger partial charge on any atom is 0.335 e. The molecule has 0 fully saturated rings. The van der Waals surface area contributed by atoms with Crippen molar-refractivity contribution in [2.45, 2.75) is 13.8 Å². The summed E-state index contributed by atoms with van der Waals surface area (Å²) in [6.45, 7) is 4.00. The molecule has 1 rings (SSSR count). The van der Waals surface area contributed by atoms with Crippen molar-refractivity contribution in [2.75, 3.05) is 0 Å². The highest BCUT2D eigenvalue weighted by Crippen LogP contribution is 2.09. The molecule has 0 amide bonds. The Labute approximate surface area is 97.1 Å². The molecule has 0 saturated carbocycles. The summed E-state index contributed by atoms with van der Waals surface area (Å²) in [5, 5.41) is 29.4. The number of rotatable bonds is 3. The molecule has 0 radical (unpaired) electrons. The maximum absolute atomic E-state index is 10.5. The summed E-state index contributed by atoms with van der Waals surface area (Å²) in [6.07, 6.45) is 0. The van der Waals surface area contributed by atoms with Crippen LogP contribution in [0.2, 0.25) is 0 Å². The number of hydrogen-bond acceptors (Lipinski definition) is 5. The molecule has 0 saturated heterocycles. The van der Waals surface area contributed by atoms with E-state index in [9.17, 15) is 24.6 Å². The van der Waals surface area contributed by atoms with Crippen molar-refractivity contribution in [3.8, 4) is 0 Å². The Morgan fingerprint density at radius 2 is 1.18 bits per heavy atom. The Balaban J connectivity index is 0.00000121. The molecule has 1 N–H and O–H groups in total. The van der Waals surface area contributed by atoms with E-state index in [2.05, 4.69) is 0 Å². The van der Waals surface area contributed by atoms with Gasteiger partial charge in [-0.1, -0.05) is 13.8 Å². The van der Waals surface area contributed by atoms with E-state index >= 15 is 0 Å². The average molecular weight is 238 g/mol. The standard InChI is InChI=1S/C9H6O6.C2H6/c10-7(11)4-1-5(8(12)13)3-6(2-4)9(14)15;1-2/h1-3H,(H,10,11)(H,12,13)(H,14,15);1-2H3/p-2. The Bertz CT molecular complexity index is 370. The molecule has 6 nitrogen and oxygen atoms in total. The smallest absolute Gasteiger partial charge is 0.335 e. The van der Waals surface area contributed by atoms with E-state index < -0.39 is 34.6 Å². The molecule has 6 heteroatoms. The zero-order valence-corrected chi connectivity index (χ0v) is 9.22. The molecule has 17 heavy (non-hydrogen) atoms. The van der Waals surface area contributed by atoms with Gasteiger partial charge in [-0.05, 0) is 29.3 Å². The molecular weight excluding hydrogens is 228 g/mol. The first kappa shape index (κ1) is 14.6. The molecule has 0 atom stereocenters. The predicted octanol–water partition coefficient (Wildman–Crippen LogP) is -0.862. The van der Waals surface area contributed by atoms with Crippen molar-refractivity contribution in [3.63, 3.8) is 0 Å². The average Bonchev–Trinajstić information content (AvgIpc) is 2.30. The van der Waals surface area contributed by atoms with Gasteiger partial charge < -0.3 is 24.9 Å². The quantitative estimate of drug-likeness (QED) is 0.731. The molecule has 0 bridgehead atoms. The summed E-state index contributed by atoms with van der Waals surface area (Å²) in [7, 11) is 0. The lowest BCUT2D eigenvalue weighted by Crippen LogP contribution is -2.26. The Hall–Kier alpha value is -2.37. The number of carboxylic acid groups (broad SMARTS) is 3. The van der Waals surface area contributed by atoms with Crippen LogP contribution in [0.3, 0.4) is 0 Å². The van der Waals surface area contributed by atoms with Gasteiger partial charge in [0.25, 0.3) is 0 Å². The Morgan fingerprint density at radius 1 is 0.882 bits per heavy atom. The van der Waals surface area contributed by atoms with Gasteiger partial charge in [-0.3, -0.25) is 0 Å². The molecule has 92 valence electrons. The van der Waals surface area contributed by atoms with Crippen LogP contribution in [0.5, 0.6) is 0 Å². The van der Waals surface area contributed by atoms with Gasteiger partial charge in [0.1, 0.15) is 0 Å². The first-order valence-electron chi connectivity index (χ1n) is 4.73. The number of carbonyl (C=O) groups excluding carboxylic acids is 2. The van der Waals surface area contributed by atoms with Crippen LogP contribution in [0.4, 0.5) is 0 Å². The molecule has 0 aliphatic carbocycles. The van der Waals surface area contributed by atoms with E-state index in [-0.39, 0.29) is 0 Å². The molecular formula is C11H10O6-2. The largest absolute Gasteiger partial charge is 0.545 e. The van der Waals surface area contributed by atoms with Gasteiger partial charge in [-0.25, -0.2) is 4.79 Å². The highest BCUT2D eigenvalue weighted by Gasteiger charge is 2.08. The number of hydrogen-bond donors (Lipinski definition) is 1. The van der Waals surface area contributed by atoms with Crippen molar-refractivity contribution in [2.24, 2.45) is 0 Å². The van der Waals surface area contributed by atoms with Crippen molar-refractivity contribution in [1.29, 1.82) is 0 Å². The van der Waals surface area contributed by atoms with Gasteiger partial charge in [0.05, 0.1) is 17.5 Å². The molecule has 1 aromatic carbocycles. The second-order valence-corrected chi connectivity index (χ2v) is 2.68. The van der Waals surface area contributed by atoms with Crippen LogP contribution < -0.4 is 10.2 Å². The number of aromatic carboxylic acids is 3. The minimum absolute atomic E-state index is 0.448. The van der Waals surface area contributed by atoms with Crippen molar-refractivity contribution in [1.82, 2.24) is 0 Å². The first-order valence-corrected chi connectivity index (χ1v) is 4.73.